The van der Waals surface area contributed by atoms with Crippen LogP contribution in [0.5, 0.6) is 0 Å². The van der Waals surface area contributed by atoms with Crippen molar-refractivity contribution in [2.24, 2.45) is 13.0 Å². The molecule has 2 unspecified atom stereocenters. The van der Waals surface area contributed by atoms with Crippen LogP contribution in [0, 0.1) is 5.92 Å². The molecular weight excluding hydrogens is 216 g/mol. The third-order valence-electron chi connectivity index (χ3n) is 3.24. The average molecular weight is 236 g/mol. The molecule has 1 aliphatic rings. The highest BCUT2D eigenvalue weighted by molar-refractivity contribution is 5.78. The molecule has 0 aromatic carbocycles. The van der Waals surface area contributed by atoms with Gasteiger partial charge in [0, 0.05) is 25.8 Å². The molecule has 0 bridgehead atoms. The fourth-order valence-electron chi connectivity index (χ4n) is 2.10. The molecular formula is C12H20N4O. The van der Waals surface area contributed by atoms with Crippen molar-refractivity contribution in [3.05, 3.63) is 18.0 Å². The van der Waals surface area contributed by atoms with E-state index in [0.29, 0.717) is 12.6 Å². The Balaban J connectivity index is 1.77. The van der Waals surface area contributed by atoms with Crippen molar-refractivity contribution in [3.8, 4) is 0 Å². The lowest BCUT2D eigenvalue weighted by atomic mass is 9.95. The largest absolute Gasteiger partial charge is 0.350 e. The van der Waals surface area contributed by atoms with Crippen LogP contribution in [0.2, 0.25) is 0 Å². The molecule has 1 aromatic rings. The minimum atomic E-state index is 0.106. The van der Waals surface area contributed by atoms with Crippen LogP contribution >= 0.6 is 0 Å². The Hall–Kier alpha value is -1.36. The van der Waals surface area contributed by atoms with E-state index in [2.05, 4.69) is 22.7 Å². The zero-order valence-corrected chi connectivity index (χ0v) is 10.4. The Morgan fingerprint density at radius 2 is 2.47 bits per heavy atom. The highest BCUT2D eigenvalue weighted by Crippen LogP contribution is 2.14. The van der Waals surface area contributed by atoms with E-state index in [0.717, 1.165) is 25.1 Å². The van der Waals surface area contributed by atoms with Crippen LogP contribution in [0.3, 0.4) is 0 Å². The van der Waals surface area contributed by atoms with Crippen LogP contribution in [0.1, 0.15) is 25.5 Å². The molecule has 1 aliphatic heterocycles. The monoisotopic (exact) mass is 236 g/mol. The summed E-state index contributed by atoms with van der Waals surface area (Å²) in [6.07, 6.45) is 3.93. The fourth-order valence-corrected chi connectivity index (χ4v) is 2.10. The van der Waals surface area contributed by atoms with Crippen molar-refractivity contribution in [2.45, 2.75) is 32.4 Å². The number of aromatic nitrogens is 2. The predicted molar refractivity (Wildman–Crippen MR) is 65.2 cm³/mol. The van der Waals surface area contributed by atoms with Gasteiger partial charge < -0.3 is 10.6 Å². The van der Waals surface area contributed by atoms with E-state index < -0.39 is 0 Å². The maximum atomic E-state index is 11.9. The van der Waals surface area contributed by atoms with E-state index in [1.165, 1.54) is 0 Å². The predicted octanol–water partition coefficient (Wildman–Crippen LogP) is 0.424. The maximum Gasteiger partial charge on any atom is 0.224 e. The molecule has 17 heavy (non-hydrogen) atoms. The summed E-state index contributed by atoms with van der Waals surface area (Å²) in [6.45, 7) is 3.46. The molecule has 1 saturated heterocycles. The summed E-state index contributed by atoms with van der Waals surface area (Å²) in [4.78, 5) is 11.9. The van der Waals surface area contributed by atoms with E-state index in [4.69, 9.17) is 0 Å². The molecule has 94 valence electrons. The van der Waals surface area contributed by atoms with Crippen molar-refractivity contribution in [2.75, 3.05) is 6.54 Å². The van der Waals surface area contributed by atoms with Gasteiger partial charge in [0.15, 0.2) is 0 Å². The first-order chi connectivity index (χ1) is 8.15. The summed E-state index contributed by atoms with van der Waals surface area (Å²) in [7, 11) is 1.87. The quantitative estimate of drug-likeness (QED) is 0.800. The highest BCUT2D eigenvalue weighted by atomic mass is 16.1. The molecule has 2 rings (SSSR count). The van der Waals surface area contributed by atoms with Crippen molar-refractivity contribution in [1.82, 2.24) is 20.4 Å². The lowest BCUT2D eigenvalue weighted by molar-refractivity contribution is -0.125. The number of nitrogens with zero attached hydrogens (tertiary/aromatic N) is 2. The SMILES string of the molecule is CC1CCC(C(=O)NCc2ccn(C)n2)CN1. The van der Waals surface area contributed by atoms with Gasteiger partial charge in [0.2, 0.25) is 5.91 Å². The second-order valence-electron chi connectivity index (χ2n) is 4.78. The fraction of sp³-hybridized carbons (Fsp3) is 0.667. The van der Waals surface area contributed by atoms with Crippen LogP contribution in [-0.4, -0.2) is 28.3 Å². The van der Waals surface area contributed by atoms with E-state index in [9.17, 15) is 4.79 Å². The van der Waals surface area contributed by atoms with Crippen molar-refractivity contribution < 1.29 is 4.79 Å². The number of aryl methyl sites for hydroxylation is 1. The number of carbonyl (C=O) groups excluding carboxylic acids is 1. The average Bonchev–Trinajstić information content (AvgIpc) is 2.73. The van der Waals surface area contributed by atoms with Gasteiger partial charge in [0.25, 0.3) is 0 Å². The summed E-state index contributed by atoms with van der Waals surface area (Å²) in [6, 6.07) is 2.46. The second-order valence-corrected chi connectivity index (χ2v) is 4.78. The lowest BCUT2D eigenvalue weighted by Crippen LogP contribution is -2.43. The molecule has 0 aliphatic carbocycles. The van der Waals surface area contributed by atoms with E-state index >= 15 is 0 Å². The molecule has 5 nitrogen and oxygen atoms in total. The molecule has 0 radical (unpaired) electrons. The van der Waals surface area contributed by atoms with E-state index in [1.807, 2.05) is 19.3 Å². The molecule has 2 N–H and O–H groups in total. The van der Waals surface area contributed by atoms with Gasteiger partial charge in [-0.15, -0.1) is 0 Å². The summed E-state index contributed by atoms with van der Waals surface area (Å²) in [5.74, 6) is 0.241. The Bertz CT molecular complexity index is 380. The number of hydrogen-bond donors (Lipinski definition) is 2. The first-order valence-electron chi connectivity index (χ1n) is 6.15. The van der Waals surface area contributed by atoms with Gasteiger partial charge in [-0.3, -0.25) is 9.48 Å². The Morgan fingerprint density at radius 3 is 3.06 bits per heavy atom. The number of carbonyl (C=O) groups is 1. The van der Waals surface area contributed by atoms with Gasteiger partial charge >= 0.3 is 0 Å². The third-order valence-corrected chi connectivity index (χ3v) is 3.24. The molecule has 0 saturated carbocycles. The summed E-state index contributed by atoms with van der Waals surface area (Å²) in [5, 5.41) is 10.5. The standard InChI is InChI=1S/C12H20N4O/c1-9-3-4-10(7-13-9)12(17)14-8-11-5-6-16(2)15-11/h5-6,9-10,13H,3-4,7-8H2,1-2H3,(H,14,17). The normalized spacial score (nSPS) is 24.6. The topological polar surface area (TPSA) is 59.0 Å². The van der Waals surface area contributed by atoms with Gasteiger partial charge in [0.05, 0.1) is 18.2 Å². The number of piperidine rings is 1. The summed E-state index contributed by atoms with van der Waals surface area (Å²) in [5.41, 5.74) is 0.901. The van der Waals surface area contributed by atoms with Crippen LogP contribution in [0.4, 0.5) is 0 Å². The van der Waals surface area contributed by atoms with Gasteiger partial charge in [0.1, 0.15) is 0 Å². The number of rotatable bonds is 3. The van der Waals surface area contributed by atoms with Crippen molar-refractivity contribution in [1.29, 1.82) is 0 Å². The Labute approximate surface area is 102 Å². The summed E-state index contributed by atoms with van der Waals surface area (Å²) < 4.78 is 1.74. The van der Waals surface area contributed by atoms with Crippen LogP contribution in [-0.2, 0) is 18.4 Å². The van der Waals surface area contributed by atoms with Crippen molar-refractivity contribution >= 4 is 5.91 Å². The molecule has 0 spiro atoms. The number of amides is 1. The zero-order valence-electron chi connectivity index (χ0n) is 10.4. The van der Waals surface area contributed by atoms with Crippen molar-refractivity contribution in [3.63, 3.8) is 0 Å². The lowest BCUT2D eigenvalue weighted by Gasteiger charge is -2.26. The van der Waals surface area contributed by atoms with E-state index in [1.54, 1.807) is 4.68 Å². The number of hydrogen-bond acceptors (Lipinski definition) is 3. The molecule has 5 heteroatoms. The van der Waals surface area contributed by atoms with E-state index in [-0.39, 0.29) is 11.8 Å². The first kappa shape index (κ1) is 12.1. The second kappa shape index (κ2) is 5.31. The van der Waals surface area contributed by atoms with Gasteiger partial charge in [-0.25, -0.2) is 0 Å². The van der Waals surface area contributed by atoms with Gasteiger partial charge in [-0.05, 0) is 25.8 Å². The highest BCUT2D eigenvalue weighted by Gasteiger charge is 2.23. The molecule has 1 fully saturated rings. The Kier molecular flexibility index (Phi) is 3.78. The zero-order chi connectivity index (χ0) is 12.3. The molecule has 1 amide bonds. The van der Waals surface area contributed by atoms with Crippen LogP contribution in [0.25, 0.3) is 0 Å². The number of nitrogens with one attached hydrogen (secondary N) is 2. The maximum absolute atomic E-state index is 11.9. The molecule has 2 heterocycles. The van der Waals surface area contributed by atoms with Crippen LogP contribution in [0.15, 0.2) is 12.3 Å². The minimum Gasteiger partial charge on any atom is -0.350 e. The van der Waals surface area contributed by atoms with Crippen LogP contribution < -0.4 is 10.6 Å². The molecule has 2 atom stereocenters. The summed E-state index contributed by atoms with van der Waals surface area (Å²) >= 11 is 0. The Morgan fingerprint density at radius 1 is 1.65 bits per heavy atom. The smallest absolute Gasteiger partial charge is 0.224 e. The van der Waals surface area contributed by atoms with Gasteiger partial charge in [-0.1, -0.05) is 0 Å². The minimum absolute atomic E-state index is 0.106. The molecule has 1 aromatic heterocycles. The first-order valence-corrected chi connectivity index (χ1v) is 6.15. The third kappa shape index (κ3) is 3.30. The van der Waals surface area contributed by atoms with Gasteiger partial charge in [-0.2, -0.15) is 5.10 Å².